The van der Waals surface area contributed by atoms with E-state index in [1.807, 2.05) is 10.8 Å². The van der Waals surface area contributed by atoms with Crippen LogP contribution in [0.5, 0.6) is 0 Å². The SMILES string of the molecule is Cc1oc(Cn2ccnc2C(C)C)cc1C(=O)NN. The molecule has 2 aromatic rings. The number of nitrogen functional groups attached to an aromatic ring is 1. The number of rotatable bonds is 4. The van der Waals surface area contributed by atoms with Crippen molar-refractivity contribution in [2.45, 2.75) is 33.2 Å². The Balaban J connectivity index is 2.24. The second-order valence-electron chi connectivity index (χ2n) is 4.72. The van der Waals surface area contributed by atoms with E-state index in [0.717, 1.165) is 5.82 Å². The summed E-state index contributed by atoms with van der Waals surface area (Å²) < 4.78 is 7.59. The molecule has 2 heterocycles. The topological polar surface area (TPSA) is 86.1 Å². The molecule has 0 atom stereocenters. The fourth-order valence-corrected chi connectivity index (χ4v) is 2.05. The Kier molecular flexibility index (Phi) is 3.71. The molecule has 0 spiro atoms. The summed E-state index contributed by atoms with van der Waals surface area (Å²) in [5, 5.41) is 0. The lowest BCUT2D eigenvalue weighted by Crippen LogP contribution is -2.30. The van der Waals surface area contributed by atoms with Crippen molar-refractivity contribution in [3.63, 3.8) is 0 Å². The molecule has 102 valence electrons. The van der Waals surface area contributed by atoms with Crippen LogP contribution in [0.2, 0.25) is 0 Å². The molecule has 0 aliphatic heterocycles. The Morgan fingerprint density at radius 2 is 2.32 bits per heavy atom. The Labute approximate surface area is 111 Å². The molecule has 0 saturated heterocycles. The number of hydrazine groups is 1. The lowest BCUT2D eigenvalue weighted by atomic mass is 10.2. The molecule has 1 amide bonds. The number of carbonyl (C=O) groups excluding carboxylic acids is 1. The normalized spacial score (nSPS) is 11.0. The van der Waals surface area contributed by atoms with Crippen molar-refractivity contribution >= 4 is 5.91 Å². The molecule has 6 heteroatoms. The van der Waals surface area contributed by atoms with E-state index < -0.39 is 0 Å². The summed E-state index contributed by atoms with van der Waals surface area (Å²) in [7, 11) is 0. The molecule has 2 rings (SSSR count). The summed E-state index contributed by atoms with van der Waals surface area (Å²) in [6, 6.07) is 1.71. The highest BCUT2D eigenvalue weighted by Crippen LogP contribution is 2.18. The largest absolute Gasteiger partial charge is 0.464 e. The fourth-order valence-electron chi connectivity index (χ4n) is 2.05. The predicted octanol–water partition coefficient (Wildman–Crippen LogP) is 1.56. The van der Waals surface area contributed by atoms with Crippen LogP contribution in [0.15, 0.2) is 22.9 Å². The van der Waals surface area contributed by atoms with Gasteiger partial charge in [-0.3, -0.25) is 10.2 Å². The van der Waals surface area contributed by atoms with Crippen LogP contribution in [-0.4, -0.2) is 15.5 Å². The number of hydrogen-bond acceptors (Lipinski definition) is 4. The van der Waals surface area contributed by atoms with Crippen molar-refractivity contribution in [1.29, 1.82) is 0 Å². The van der Waals surface area contributed by atoms with E-state index in [1.54, 1.807) is 19.2 Å². The molecule has 0 aromatic carbocycles. The lowest BCUT2D eigenvalue weighted by Gasteiger charge is -2.08. The Hall–Kier alpha value is -2.08. The average Bonchev–Trinajstić information content (AvgIpc) is 2.95. The Bertz CT molecular complexity index is 583. The standard InChI is InChI=1S/C13H18N4O2/c1-8(2)12-15-4-5-17(12)7-10-6-11(9(3)19-10)13(18)16-14/h4-6,8H,7,14H2,1-3H3,(H,16,18). The van der Waals surface area contributed by atoms with Crippen LogP contribution in [0.1, 0.15) is 47.5 Å². The number of hydrogen-bond donors (Lipinski definition) is 2. The fraction of sp³-hybridized carbons (Fsp3) is 0.385. The smallest absolute Gasteiger partial charge is 0.268 e. The number of amides is 1. The predicted molar refractivity (Wildman–Crippen MR) is 70.5 cm³/mol. The number of carbonyl (C=O) groups is 1. The summed E-state index contributed by atoms with van der Waals surface area (Å²) >= 11 is 0. The Morgan fingerprint density at radius 1 is 1.58 bits per heavy atom. The maximum atomic E-state index is 11.5. The third-order valence-corrected chi connectivity index (χ3v) is 2.93. The number of aromatic nitrogens is 2. The first-order valence-corrected chi connectivity index (χ1v) is 6.14. The molecule has 0 radical (unpaired) electrons. The van der Waals surface area contributed by atoms with E-state index in [1.165, 1.54) is 0 Å². The van der Waals surface area contributed by atoms with Crippen LogP contribution >= 0.6 is 0 Å². The zero-order chi connectivity index (χ0) is 14.0. The molecular weight excluding hydrogens is 244 g/mol. The quantitative estimate of drug-likeness (QED) is 0.497. The van der Waals surface area contributed by atoms with Crippen LogP contribution in [0.3, 0.4) is 0 Å². The molecule has 0 fully saturated rings. The molecule has 0 saturated carbocycles. The van der Waals surface area contributed by atoms with E-state index in [4.69, 9.17) is 10.3 Å². The molecule has 3 N–H and O–H groups in total. The zero-order valence-corrected chi connectivity index (χ0v) is 11.3. The minimum atomic E-state index is -0.345. The molecule has 0 aliphatic rings. The van der Waals surface area contributed by atoms with E-state index in [9.17, 15) is 4.79 Å². The average molecular weight is 262 g/mol. The number of nitrogens with one attached hydrogen (secondary N) is 1. The van der Waals surface area contributed by atoms with Crippen LogP contribution in [-0.2, 0) is 6.54 Å². The first-order valence-electron chi connectivity index (χ1n) is 6.14. The minimum Gasteiger partial charge on any atom is -0.464 e. The molecule has 0 aliphatic carbocycles. The van der Waals surface area contributed by atoms with Crippen molar-refractivity contribution in [2.75, 3.05) is 0 Å². The van der Waals surface area contributed by atoms with E-state index >= 15 is 0 Å². The van der Waals surface area contributed by atoms with Crippen molar-refractivity contribution < 1.29 is 9.21 Å². The van der Waals surface area contributed by atoms with Gasteiger partial charge in [0, 0.05) is 18.3 Å². The van der Waals surface area contributed by atoms with Crippen molar-refractivity contribution in [3.05, 3.63) is 41.4 Å². The van der Waals surface area contributed by atoms with Crippen molar-refractivity contribution in [3.8, 4) is 0 Å². The van der Waals surface area contributed by atoms with Gasteiger partial charge in [0.15, 0.2) is 0 Å². The van der Waals surface area contributed by atoms with Gasteiger partial charge in [0.1, 0.15) is 17.3 Å². The van der Waals surface area contributed by atoms with Gasteiger partial charge in [0.2, 0.25) is 0 Å². The number of imidazole rings is 1. The van der Waals surface area contributed by atoms with E-state index in [0.29, 0.717) is 29.5 Å². The van der Waals surface area contributed by atoms with Gasteiger partial charge in [-0.2, -0.15) is 0 Å². The first-order chi connectivity index (χ1) is 9.02. The van der Waals surface area contributed by atoms with Gasteiger partial charge < -0.3 is 8.98 Å². The van der Waals surface area contributed by atoms with Gasteiger partial charge in [-0.1, -0.05) is 13.8 Å². The molecular formula is C13H18N4O2. The van der Waals surface area contributed by atoms with Gasteiger partial charge in [-0.25, -0.2) is 10.8 Å². The second kappa shape index (κ2) is 5.27. The highest BCUT2D eigenvalue weighted by atomic mass is 16.3. The number of aryl methyl sites for hydroxylation is 1. The number of nitrogens with two attached hydrogens (primary N) is 1. The van der Waals surface area contributed by atoms with Crippen LogP contribution in [0.4, 0.5) is 0 Å². The number of furan rings is 1. The molecule has 2 aromatic heterocycles. The summed E-state index contributed by atoms with van der Waals surface area (Å²) in [6.07, 6.45) is 3.66. The highest BCUT2D eigenvalue weighted by Gasteiger charge is 2.15. The molecule has 6 nitrogen and oxygen atoms in total. The summed E-state index contributed by atoms with van der Waals surface area (Å²) in [5.74, 6) is 7.36. The van der Waals surface area contributed by atoms with Gasteiger partial charge in [0.05, 0.1) is 12.1 Å². The summed E-state index contributed by atoms with van der Waals surface area (Å²) in [4.78, 5) is 15.8. The van der Waals surface area contributed by atoms with Gasteiger partial charge in [-0.05, 0) is 13.0 Å². The van der Waals surface area contributed by atoms with Gasteiger partial charge in [-0.15, -0.1) is 0 Å². The molecule has 19 heavy (non-hydrogen) atoms. The molecule has 0 bridgehead atoms. The first kappa shape index (κ1) is 13.4. The van der Waals surface area contributed by atoms with E-state index in [2.05, 4.69) is 24.3 Å². The van der Waals surface area contributed by atoms with Crippen LogP contribution < -0.4 is 11.3 Å². The minimum absolute atomic E-state index is 0.331. The highest BCUT2D eigenvalue weighted by molar-refractivity contribution is 5.94. The van der Waals surface area contributed by atoms with E-state index in [-0.39, 0.29) is 5.91 Å². The third-order valence-electron chi connectivity index (χ3n) is 2.93. The van der Waals surface area contributed by atoms with Crippen LogP contribution in [0, 0.1) is 6.92 Å². The monoisotopic (exact) mass is 262 g/mol. The van der Waals surface area contributed by atoms with Crippen molar-refractivity contribution in [1.82, 2.24) is 15.0 Å². The second-order valence-corrected chi connectivity index (χ2v) is 4.72. The lowest BCUT2D eigenvalue weighted by molar-refractivity contribution is 0.0952. The van der Waals surface area contributed by atoms with Gasteiger partial charge in [0.25, 0.3) is 5.91 Å². The maximum Gasteiger partial charge on any atom is 0.268 e. The summed E-state index contributed by atoms with van der Waals surface area (Å²) in [6.45, 7) is 6.45. The Morgan fingerprint density at radius 3 is 2.95 bits per heavy atom. The zero-order valence-electron chi connectivity index (χ0n) is 11.3. The number of nitrogens with zero attached hydrogens (tertiary/aromatic N) is 2. The molecule has 0 unspecified atom stereocenters. The summed E-state index contributed by atoms with van der Waals surface area (Å²) in [5.41, 5.74) is 2.57. The van der Waals surface area contributed by atoms with Crippen molar-refractivity contribution in [2.24, 2.45) is 5.84 Å². The van der Waals surface area contributed by atoms with Crippen LogP contribution in [0.25, 0.3) is 0 Å². The third kappa shape index (κ3) is 2.68. The van der Waals surface area contributed by atoms with Gasteiger partial charge >= 0.3 is 0 Å². The maximum absolute atomic E-state index is 11.5.